The van der Waals surface area contributed by atoms with E-state index in [-0.39, 0.29) is 5.41 Å². The lowest BCUT2D eigenvalue weighted by Gasteiger charge is -2.65. The summed E-state index contributed by atoms with van der Waals surface area (Å²) in [5.74, 6) is 3.83. The maximum absolute atomic E-state index is 6.27. The molecule has 0 heterocycles. The summed E-state index contributed by atoms with van der Waals surface area (Å²) in [6, 6.07) is 11.2. The minimum Gasteiger partial charge on any atom is -0.393 e. The lowest BCUT2D eigenvalue weighted by molar-refractivity contribution is -0.0721. The first-order valence-corrected chi connectivity index (χ1v) is 10.2. The molecular formula is C19H25NS2. The van der Waals surface area contributed by atoms with Gasteiger partial charge in [-0.1, -0.05) is 42.5 Å². The number of benzene rings is 1. The summed E-state index contributed by atoms with van der Waals surface area (Å²) < 4.78 is 0. The number of hydrogen-bond donors (Lipinski definition) is 1. The standard InChI is InChI=1S/C19H25NS2/c1-22-11-16-13-7-18(15-5-3-2-4-6-15)8-14(16)10-19(9-13,12-18)17(20)21/h2-6,13-14,16H,7-12H2,1H3,(H2,20,21). The van der Waals surface area contributed by atoms with Crippen LogP contribution in [0.2, 0.25) is 0 Å². The molecule has 118 valence electrons. The summed E-state index contributed by atoms with van der Waals surface area (Å²) in [6.45, 7) is 0. The van der Waals surface area contributed by atoms with E-state index in [4.69, 9.17) is 18.0 Å². The molecule has 4 fully saturated rings. The fourth-order valence-corrected chi connectivity index (χ4v) is 7.30. The number of thioether (sulfide) groups is 1. The molecule has 0 spiro atoms. The van der Waals surface area contributed by atoms with E-state index in [1.807, 2.05) is 11.8 Å². The zero-order valence-electron chi connectivity index (χ0n) is 13.3. The van der Waals surface area contributed by atoms with E-state index in [1.54, 1.807) is 0 Å². The summed E-state index contributed by atoms with van der Waals surface area (Å²) in [6.07, 6.45) is 8.64. The SMILES string of the molecule is CSCC1C2CC3(C(N)=S)CC1CC(c1ccccc1)(C2)C3. The van der Waals surface area contributed by atoms with Gasteiger partial charge >= 0.3 is 0 Å². The second kappa shape index (κ2) is 5.24. The van der Waals surface area contributed by atoms with Crippen LogP contribution in [0.15, 0.2) is 30.3 Å². The van der Waals surface area contributed by atoms with Crippen LogP contribution in [0.4, 0.5) is 0 Å². The van der Waals surface area contributed by atoms with Crippen LogP contribution in [0, 0.1) is 23.2 Å². The van der Waals surface area contributed by atoms with Gasteiger partial charge in [0.2, 0.25) is 0 Å². The van der Waals surface area contributed by atoms with E-state index in [0.29, 0.717) is 5.41 Å². The normalized spacial score (nSPS) is 42.5. The first-order valence-electron chi connectivity index (χ1n) is 8.43. The number of hydrogen-bond acceptors (Lipinski definition) is 2. The van der Waals surface area contributed by atoms with Gasteiger partial charge in [0, 0.05) is 5.41 Å². The van der Waals surface area contributed by atoms with E-state index in [2.05, 4.69) is 36.6 Å². The van der Waals surface area contributed by atoms with Gasteiger partial charge in [0.15, 0.2) is 0 Å². The Bertz CT molecular complexity index is 566. The highest BCUT2D eigenvalue weighted by atomic mass is 32.2. The van der Waals surface area contributed by atoms with Crippen molar-refractivity contribution in [3.05, 3.63) is 35.9 Å². The summed E-state index contributed by atoms with van der Waals surface area (Å²) in [5, 5.41) is 0. The number of rotatable bonds is 4. The summed E-state index contributed by atoms with van der Waals surface area (Å²) in [7, 11) is 0. The molecule has 4 saturated carbocycles. The maximum Gasteiger partial charge on any atom is 0.0790 e. The molecule has 3 heteroatoms. The van der Waals surface area contributed by atoms with Gasteiger partial charge in [-0.3, -0.25) is 0 Å². The van der Waals surface area contributed by atoms with E-state index in [0.717, 1.165) is 22.7 Å². The molecule has 1 aromatic rings. The molecule has 1 aromatic carbocycles. The number of nitrogens with two attached hydrogens (primary N) is 1. The average molecular weight is 332 g/mol. The molecular weight excluding hydrogens is 306 g/mol. The molecule has 0 aromatic heterocycles. The third-order valence-electron chi connectivity index (χ3n) is 6.77. The van der Waals surface area contributed by atoms with Gasteiger partial charge in [-0.05, 0) is 72.8 Å². The quantitative estimate of drug-likeness (QED) is 0.828. The van der Waals surface area contributed by atoms with Crippen molar-refractivity contribution < 1.29 is 0 Å². The van der Waals surface area contributed by atoms with Gasteiger partial charge in [0.1, 0.15) is 0 Å². The van der Waals surface area contributed by atoms with Crippen LogP contribution < -0.4 is 5.73 Å². The highest BCUT2D eigenvalue weighted by Gasteiger charge is 2.62. The zero-order chi connectivity index (χ0) is 15.4. The van der Waals surface area contributed by atoms with Crippen LogP contribution >= 0.6 is 24.0 Å². The summed E-state index contributed by atoms with van der Waals surface area (Å²) >= 11 is 7.58. The molecule has 4 aliphatic rings. The Morgan fingerprint density at radius 2 is 1.82 bits per heavy atom. The van der Waals surface area contributed by atoms with Crippen molar-refractivity contribution >= 4 is 29.0 Å². The molecule has 4 bridgehead atoms. The number of thiocarbonyl (C=S) groups is 1. The Kier molecular flexibility index (Phi) is 3.58. The Morgan fingerprint density at radius 1 is 1.18 bits per heavy atom. The molecule has 2 N–H and O–H groups in total. The van der Waals surface area contributed by atoms with Crippen molar-refractivity contribution in [2.45, 2.75) is 37.5 Å². The van der Waals surface area contributed by atoms with Crippen LogP contribution in [-0.4, -0.2) is 17.0 Å². The Morgan fingerprint density at radius 3 is 2.36 bits per heavy atom. The predicted octanol–water partition coefficient (Wildman–Crippen LogP) is 4.40. The third-order valence-corrected chi connectivity index (χ3v) is 7.92. The molecule has 2 atom stereocenters. The van der Waals surface area contributed by atoms with Crippen LogP contribution in [-0.2, 0) is 5.41 Å². The first kappa shape index (κ1) is 15.0. The smallest absolute Gasteiger partial charge is 0.0790 e. The highest BCUT2D eigenvalue weighted by molar-refractivity contribution is 7.98. The molecule has 5 rings (SSSR count). The second-order valence-electron chi connectivity index (χ2n) is 7.92. The zero-order valence-corrected chi connectivity index (χ0v) is 14.9. The van der Waals surface area contributed by atoms with Gasteiger partial charge in [-0.15, -0.1) is 0 Å². The van der Waals surface area contributed by atoms with Gasteiger partial charge < -0.3 is 5.73 Å². The van der Waals surface area contributed by atoms with Crippen molar-refractivity contribution in [1.82, 2.24) is 0 Å². The van der Waals surface area contributed by atoms with Gasteiger partial charge in [-0.2, -0.15) is 11.8 Å². The van der Waals surface area contributed by atoms with Crippen LogP contribution in [0.1, 0.15) is 37.7 Å². The van der Waals surface area contributed by atoms with Crippen molar-refractivity contribution in [1.29, 1.82) is 0 Å². The maximum atomic E-state index is 6.27. The first-order chi connectivity index (χ1) is 10.6. The highest BCUT2D eigenvalue weighted by Crippen LogP contribution is 2.67. The molecule has 0 aliphatic heterocycles. The molecule has 0 amide bonds. The van der Waals surface area contributed by atoms with Gasteiger partial charge in [0.25, 0.3) is 0 Å². The van der Waals surface area contributed by atoms with Crippen molar-refractivity contribution in [3.8, 4) is 0 Å². The Labute approximate surface area is 143 Å². The molecule has 4 aliphatic carbocycles. The lowest BCUT2D eigenvalue weighted by atomic mass is 9.40. The Hall–Kier alpha value is -0.540. The topological polar surface area (TPSA) is 26.0 Å². The molecule has 1 nitrogen and oxygen atoms in total. The van der Waals surface area contributed by atoms with E-state index in [9.17, 15) is 0 Å². The largest absolute Gasteiger partial charge is 0.393 e. The van der Waals surface area contributed by atoms with E-state index >= 15 is 0 Å². The lowest BCUT2D eigenvalue weighted by Crippen LogP contribution is -2.61. The molecule has 22 heavy (non-hydrogen) atoms. The molecule has 2 unspecified atom stereocenters. The minimum atomic E-state index is 0.145. The fraction of sp³-hybridized carbons (Fsp3) is 0.632. The summed E-state index contributed by atoms with van der Waals surface area (Å²) in [4.78, 5) is 0.796. The van der Waals surface area contributed by atoms with Crippen molar-refractivity contribution in [3.63, 3.8) is 0 Å². The monoisotopic (exact) mass is 331 g/mol. The second-order valence-corrected chi connectivity index (χ2v) is 9.27. The molecule has 0 saturated heterocycles. The predicted molar refractivity (Wildman–Crippen MR) is 99.3 cm³/mol. The summed E-state index contributed by atoms with van der Waals surface area (Å²) in [5.41, 5.74) is 8.29. The van der Waals surface area contributed by atoms with Gasteiger partial charge in [0.05, 0.1) is 4.99 Å². The third kappa shape index (κ3) is 2.08. The van der Waals surface area contributed by atoms with E-state index in [1.165, 1.54) is 43.4 Å². The van der Waals surface area contributed by atoms with Crippen LogP contribution in [0.5, 0.6) is 0 Å². The van der Waals surface area contributed by atoms with Crippen molar-refractivity contribution in [2.24, 2.45) is 28.9 Å². The fourth-order valence-electron chi connectivity index (χ4n) is 6.13. The average Bonchev–Trinajstić information content (AvgIpc) is 2.51. The molecule has 0 radical (unpaired) electrons. The van der Waals surface area contributed by atoms with Crippen molar-refractivity contribution in [2.75, 3.05) is 12.0 Å². The van der Waals surface area contributed by atoms with E-state index < -0.39 is 0 Å². The minimum absolute atomic E-state index is 0.145. The van der Waals surface area contributed by atoms with Crippen LogP contribution in [0.25, 0.3) is 0 Å². The Balaban J connectivity index is 1.76. The van der Waals surface area contributed by atoms with Crippen LogP contribution in [0.3, 0.4) is 0 Å². The van der Waals surface area contributed by atoms with Gasteiger partial charge in [-0.25, -0.2) is 0 Å².